The first kappa shape index (κ1) is 15.4. The molecule has 1 aromatic heterocycles. The molecule has 0 saturated heterocycles. The average Bonchev–Trinajstić information content (AvgIpc) is 3.20. The Morgan fingerprint density at radius 1 is 1.24 bits per heavy atom. The molecule has 1 aromatic rings. The molecular formula is C17H28N2OS. The van der Waals surface area contributed by atoms with Crippen LogP contribution in [0.25, 0.3) is 0 Å². The zero-order valence-corrected chi connectivity index (χ0v) is 14.6. The first-order valence-corrected chi connectivity index (χ1v) is 9.01. The van der Waals surface area contributed by atoms with Crippen LogP contribution in [0.3, 0.4) is 0 Å². The normalized spacial score (nSPS) is 24.2. The Morgan fingerprint density at radius 2 is 1.90 bits per heavy atom. The van der Waals surface area contributed by atoms with E-state index in [1.54, 1.807) is 0 Å². The summed E-state index contributed by atoms with van der Waals surface area (Å²) < 4.78 is 5.99. The maximum absolute atomic E-state index is 5.99. The maximum Gasteiger partial charge on any atom is 0.125 e. The quantitative estimate of drug-likeness (QED) is 0.887. The van der Waals surface area contributed by atoms with Gasteiger partial charge in [-0.25, -0.2) is 4.98 Å². The molecule has 118 valence electrons. The Bertz CT molecular complexity index is 495. The minimum atomic E-state index is -0.136. The molecule has 21 heavy (non-hydrogen) atoms. The fourth-order valence-corrected chi connectivity index (χ4v) is 4.39. The second-order valence-electron chi connectivity index (χ2n) is 7.55. The van der Waals surface area contributed by atoms with Crippen molar-refractivity contribution >= 4 is 11.3 Å². The van der Waals surface area contributed by atoms with Crippen LogP contribution in [0.5, 0.6) is 0 Å². The van der Waals surface area contributed by atoms with E-state index in [1.807, 2.05) is 18.4 Å². The molecule has 1 N–H and O–H groups in total. The van der Waals surface area contributed by atoms with Gasteiger partial charge in [0.05, 0.1) is 5.69 Å². The van der Waals surface area contributed by atoms with E-state index in [-0.39, 0.29) is 5.60 Å². The number of aryl methyl sites for hydroxylation is 1. The third kappa shape index (κ3) is 3.33. The standard InChI is InChI=1S/C17H28N2OS/c1-12-14(11-18-13-5-6-13)21-15(19-12)17(20-4)9-7-16(2,3)8-10-17/h13,18H,5-11H2,1-4H3. The van der Waals surface area contributed by atoms with Gasteiger partial charge >= 0.3 is 0 Å². The molecule has 0 spiro atoms. The van der Waals surface area contributed by atoms with Gasteiger partial charge in [-0.15, -0.1) is 11.3 Å². The Morgan fingerprint density at radius 3 is 2.48 bits per heavy atom. The molecule has 2 fully saturated rings. The van der Waals surface area contributed by atoms with Crippen molar-refractivity contribution in [2.45, 2.75) is 77.5 Å². The van der Waals surface area contributed by atoms with Gasteiger partial charge in [-0.05, 0) is 50.9 Å². The third-order valence-electron chi connectivity index (χ3n) is 5.21. The second kappa shape index (κ2) is 5.64. The Kier molecular flexibility index (Phi) is 4.15. The van der Waals surface area contributed by atoms with Gasteiger partial charge in [0.2, 0.25) is 0 Å². The summed E-state index contributed by atoms with van der Waals surface area (Å²) in [6, 6.07) is 0.752. The zero-order valence-electron chi connectivity index (χ0n) is 13.8. The fourth-order valence-electron chi connectivity index (χ4n) is 3.15. The van der Waals surface area contributed by atoms with Crippen LogP contribution in [0.2, 0.25) is 0 Å². The number of nitrogens with one attached hydrogen (secondary N) is 1. The van der Waals surface area contributed by atoms with Crippen molar-refractivity contribution in [2.24, 2.45) is 5.41 Å². The number of hydrogen-bond donors (Lipinski definition) is 1. The van der Waals surface area contributed by atoms with Gasteiger partial charge in [0.25, 0.3) is 0 Å². The van der Waals surface area contributed by atoms with Crippen LogP contribution in [-0.2, 0) is 16.9 Å². The molecule has 3 nitrogen and oxygen atoms in total. The van der Waals surface area contributed by atoms with Gasteiger partial charge in [0.1, 0.15) is 10.6 Å². The van der Waals surface area contributed by atoms with Crippen molar-refractivity contribution < 1.29 is 4.74 Å². The van der Waals surface area contributed by atoms with E-state index in [0.29, 0.717) is 5.41 Å². The highest BCUT2D eigenvalue weighted by Gasteiger charge is 2.42. The van der Waals surface area contributed by atoms with Gasteiger partial charge < -0.3 is 10.1 Å². The molecule has 0 aliphatic heterocycles. The molecule has 0 bridgehead atoms. The molecule has 2 saturated carbocycles. The Balaban J connectivity index is 1.75. The predicted octanol–water partition coefficient (Wildman–Crippen LogP) is 4.15. The summed E-state index contributed by atoms with van der Waals surface area (Å²) in [5.41, 5.74) is 1.50. The van der Waals surface area contributed by atoms with Crippen molar-refractivity contribution in [3.8, 4) is 0 Å². The predicted molar refractivity (Wildman–Crippen MR) is 87.6 cm³/mol. The first-order chi connectivity index (χ1) is 9.94. The molecule has 2 aliphatic rings. The Hall–Kier alpha value is -0.450. The van der Waals surface area contributed by atoms with Gasteiger partial charge in [-0.3, -0.25) is 0 Å². The number of rotatable bonds is 5. The van der Waals surface area contributed by atoms with Gasteiger partial charge in [0.15, 0.2) is 0 Å². The lowest BCUT2D eigenvalue weighted by molar-refractivity contribution is -0.0668. The number of nitrogens with zero attached hydrogens (tertiary/aromatic N) is 1. The van der Waals surface area contributed by atoms with E-state index in [4.69, 9.17) is 9.72 Å². The summed E-state index contributed by atoms with van der Waals surface area (Å²) in [6.45, 7) is 7.84. The zero-order chi connectivity index (χ0) is 15.1. The van der Waals surface area contributed by atoms with Crippen LogP contribution in [0.1, 0.15) is 68.0 Å². The van der Waals surface area contributed by atoms with Crippen LogP contribution in [0.15, 0.2) is 0 Å². The number of hydrogen-bond acceptors (Lipinski definition) is 4. The molecule has 0 aromatic carbocycles. The topological polar surface area (TPSA) is 34.1 Å². The minimum Gasteiger partial charge on any atom is -0.371 e. The van der Waals surface area contributed by atoms with Gasteiger partial charge in [0, 0.05) is 24.6 Å². The number of methoxy groups -OCH3 is 1. The van der Waals surface area contributed by atoms with Crippen LogP contribution >= 0.6 is 11.3 Å². The number of aromatic nitrogens is 1. The largest absolute Gasteiger partial charge is 0.371 e. The van der Waals surface area contributed by atoms with Gasteiger partial charge in [-0.2, -0.15) is 0 Å². The summed E-state index contributed by atoms with van der Waals surface area (Å²) in [6.07, 6.45) is 7.30. The van der Waals surface area contributed by atoms with E-state index < -0.39 is 0 Å². The summed E-state index contributed by atoms with van der Waals surface area (Å²) in [5.74, 6) is 0. The van der Waals surface area contributed by atoms with Gasteiger partial charge in [-0.1, -0.05) is 13.8 Å². The third-order valence-corrected chi connectivity index (χ3v) is 6.56. The summed E-state index contributed by atoms with van der Waals surface area (Å²) in [7, 11) is 1.86. The molecular weight excluding hydrogens is 280 g/mol. The van der Waals surface area contributed by atoms with Crippen molar-refractivity contribution in [2.75, 3.05) is 7.11 Å². The SMILES string of the molecule is COC1(c2nc(C)c(CNC3CC3)s2)CCC(C)(C)CC1. The molecule has 0 atom stereocenters. The van der Waals surface area contributed by atoms with Crippen LogP contribution in [-0.4, -0.2) is 18.1 Å². The molecule has 0 amide bonds. The summed E-state index contributed by atoms with van der Waals surface area (Å²) in [4.78, 5) is 6.26. The van der Waals surface area contributed by atoms with Crippen molar-refractivity contribution in [3.05, 3.63) is 15.6 Å². The highest BCUT2D eigenvalue weighted by molar-refractivity contribution is 7.11. The summed E-state index contributed by atoms with van der Waals surface area (Å²) >= 11 is 1.86. The van der Waals surface area contributed by atoms with Crippen LogP contribution in [0.4, 0.5) is 0 Å². The maximum atomic E-state index is 5.99. The van der Waals surface area contributed by atoms with Crippen molar-refractivity contribution in [1.82, 2.24) is 10.3 Å². The fraction of sp³-hybridized carbons (Fsp3) is 0.824. The highest BCUT2D eigenvalue weighted by atomic mass is 32.1. The number of ether oxygens (including phenoxy) is 1. The molecule has 0 unspecified atom stereocenters. The van der Waals surface area contributed by atoms with E-state index in [9.17, 15) is 0 Å². The van der Waals surface area contributed by atoms with Crippen molar-refractivity contribution in [3.63, 3.8) is 0 Å². The average molecular weight is 308 g/mol. The summed E-state index contributed by atoms with van der Waals surface area (Å²) in [5, 5.41) is 4.80. The Labute approximate surface area is 132 Å². The lowest BCUT2D eigenvalue weighted by Gasteiger charge is -2.41. The second-order valence-corrected chi connectivity index (χ2v) is 8.63. The van der Waals surface area contributed by atoms with E-state index in [1.165, 1.54) is 41.3 Å². The smallest absolute Gasteiger partial charge is 0.125 e. The molecule has 2 aliphatic carbocycles. The molecule has 0 radical (unpaired) electrons. The number of thiazole rings is 1. The van der Waals surface area contributed by atoms with E-state index in [2.05, 4.69) is 26.1 Å². The monoisotopic (exact) mass is 308 g/mol. The lowest BCUT2D eigenvalue weighted by atomic mass is 9.71. The minimum absolute atomic E-state index is 0.136. The first-order valence-electron chi connectivity index (χ1n) is 8.19. The van der Waals surface area contributed by atoms with Crippen LogP contribution < -0.4 is 5.32 Å². The van der Waals surface area contributed by atoms with E-state index >= 15 is 0 Å². The molecule has 3 rings (SSSR count). The van der Waals surface area contributed by atoms with Crippen LogP contribution in [0, 0.1) is 12.3 Å². The van der Waals surface area contributed by atoms with Crippen molar-refractivity contribution in [1.29, 1.82) is 0 Å². The lowest BCUT2D eigenvalue weighted by Crippen LogP contribution is -2.36. The highest BCUT2D eigenvalue weighted by Crippen LogP contribution is 2.48. The molecule has 1 heterocycles. The van der Waals surface area contributed by atoms with E-state index in [0.717, 1.165) is 25.4 Å². The molecule has 4 heteroatoms.